The van der Waals surface area contributed by atoms with Crippen molar-refractivity contribution >= 4 is 33.4 Å². The Labute approximate surface area is 118 Å². The Balaban J connectivity index is 2.30. The second-order valence-electron chi connectivity index (χ2n) is 3.98. The number of amides is 1. The van der Waals surface area contributed by atoms with Gasteiger partial charge in [0.2, 0.25) is 0 Å². The van der Waals surface area contributed by atoms with Gasteiger partial charge in [-0.1, -0.05) is 6.07 Å². The molecule has 98 valence electrons. The van der Waals surface area contributed by atoms with Crippen molar-refractivity contribution in [3.63, 3.8) is 0 Å². The van der Waals surface area contributed by atoms with Gasteiger partial charge in [0.05, 0.1) is 24.8 Å². The lowest BCUT2D eigenvalue weighted by Gasteiger charge is -2.34. The third kappa shape index (κ3) is 2.68. The number of morpholine rings is 1. The molecule has 0 radical (unpaired) electrons. The van der Waals surface area contributed by atoms with Gasteiger partial charge in [-0.2, -0.15) is 0 Å². The van der Waals surface area contributed by atoms with Crippen LogP contribution in [0.15, 0.2) is 22.7 Å². The average molecular weight is 337 g/mol. The lowest BCUT2D eigenvalue weighted by atomic mass is 10.1. The van der Waals surface area contributed by atoms with Crippen molar-refractivity contribution in [2.24, 2.45) is 0 Å². The molecule has 1 amide bonds. The van der Waals surface area contributed by atoms with Gasteiger partial charge in [0, 0.05) is 16.9 Å². The Morgan fingerprint density at radius 2 is 2.39 bits per heavy atom. The first-order chi connectivity index (χ1) is 8.65. The maximum atomic E-state index is 13.7. The molecule has 0 saturated carbocycles. The highest BCUT2D eigenvalue weighted by molar-refractivity contribution is 9.10. The van der Waals surface area contributed by atoms with Gasteiger partial charge in [-0.05, 0) is 28.1 Å². The van der Waals surface area contributed by atoms with E-state index in [0.717, 1.165) is 0 Å². The van der Waals surface area contributed by atoms with Gasteiger partial charge in [0.25, 0.3) is 5.91 Å². The van der Waals surface area contributed by atoms with Gasteiger partial charge in [0.1, 0.15) is 5.82 Å². The first-order valence-corrected chi connectivity index (χ1v) is 6.86. The summed E-state index contributed by atoms with van der Waals surface area (Å²) in [5.74, 6) is -0.610. The number of carbonyl (C=O) groups is 1. The molecule has 1 aromatic rings. The molecule has 0 bridgehead atoms. The Morgan fingerprint density at radius 1 is 1.61 bits per heavy atom. The molecule has 1 heterocycles. The fraction of sp³-hybridized carbons (Fsp3) is 0.417. The van der Waals surface area contributed by atoms with E-state index in [2.05, 4.69) is 15.9 Å². The Hall–Kier alpha value is -0.650. The summed E-state index contributed by atoms with van der Waals surface area (Å²) in [4.78, 5) is 13.9. The van der Waals surface area contributed by atoms with Crippen LogP contribution in [0.1, 0.15) is 10.4 Å². The predicted octanol–water partition coefficient (Wildman–Crippen LogP) is 2.67. The van der Waals surface area contributed by atoms with Crippen molar-refractivity contribution < 1.29 is 13.9 Å². The van der Waals surface area contributed by atoms with E-state index >= 15 is 0 Å². The molecule has 0 aliphatic carbocycles. The molecule has 0 spiro atoms. The molecule has 1 atom stereocenters. The molecule has 1 unspecified atom stereocenters. The summed E-state index contributed by atoms with van der Waals surface area (Å²) in [6, 6.07) is 4.26. The second kappa shape index (κ2) is 5.99. The molecule has 3 nitrogen and oxygen atoms in total. The summed E-state index contributed by atoms with van der Waals surface area (Å²) >= 11 is 9.01. The molecule has 0 N–H and O–H groups in total. The number of rotatable bonds is 2. The quantitative estimate of drug-likeness (QED) is 0.777. The van der Waals surface area contributed by atoms with Crippen LogP contribution < -0.4 is 0 Å². The van der Waals surface area contributed by atoms with E-state index in [4.69, 9.17) is 16.3 Å². The fourth-order valence-electron chi connectivity index (χ4n) is 1.90. The summed E-state index contributed by atoms with van der Waals surface area (Å²) in [6.07, 6.45) is 0. The van der Waals surface area contributed by atoms with Crippen molar-refractivity contribution in [1.29, 1.82) is 0 Å². The van der Waals surface area contributed by atoms with E-state index < -0.39 is 5.82 Å². The predicted molar refractivity (Wildman–Crippen MR) is 70.5 cm³/mol. The van der Waals surface area contributed by atoms with E-state index in [9.17, 15) is 9.18 Å². The standard InChI is InChI=1S/C12H12BrClFNO2/c13-9-2-1-3-10(15)11(9)12(17)16-4-5-18-7-8(16)6-14/h1-3,8H,4-7H2. The number of hydrogen-bond acceptors (Lipinski definition) is 2. The average Bonchev–Trinajstić information content (AvgIpc) is 2.38. The van der Waals surface area contributed by atoms with E-state index in [1.807, 2.05) is 0 Å². The number of carbonyl (C=O) groups excluding carboxylic acids is 1. The van der Waals surface area contributed by atoms with Crippen LogP contribution in [0, 0.1) is 5.82 Å². The normalized spacial score (nSPS) is 19.9. The number of hydrogen-bond donors (Lipinski definition) is 0. The first kappa shape index (κ1) is 13.8. The van der Waals surface area contributed by atoms with E-state index in [1.165, 1.54) is 6.07 Å². The zero-order valence-corrected chi connectivity index (χ0v) is 11.9. The van der Waals surface area contributed by atoms with Crippen LogP contribution in [0.3, 0.4) is 0 Å². The first-order valence-electron chi connectivity index (χ1n) is 5.54. The highest BCUT2D eigenvalue weighted by Gasteiger charge is 2.30. The molecule has 1 aliphatic rings. The van der Waals surface area contributed by atoms with Crippen molar-refractivity contribution in [3.05, 3.63) is 34.1 Å². The summed E-state index contributed by atoms with van der Waals surface area (Å²) < 4.78 is 19.5. The SMILES string of the molecule is O=C(c1c(F)cccc1Br)N1CCOCC1CCl. The van der Waals surface area contributed by atoms with Crippen molar-refractivity contribution in [2.45, 2.75) is 6.04 Å². The number of nitrogens with zero attached hydrogens (tertiary/aromatic N) is 1. The van der Waals surface area contributed by atoms with Crippen molar-refractivity contribution in [2.75, 3.05) is 25.6 Å². The highest BCUT2D eigenvalue weighted by atomic mass is 79.9. The Morgan fingerprint density at radius 3 is 3.06 bits per heavy atom. The van der Waals surface area contributed by atoms with Gasteiger partial charge in [-0.3, -0.25) is 4.79 Å². The van der Waals surface area contributed by atoms with Crippen LogP contribution in [0.4, 0.5) is 4.39 Å². The lowest BCUT2D eigenvalue weighted by Crippen LogP contribution is -2.49. The summed E-state index contributed by atoms with van der Waals surface area (Å²) in [6.45, 7) is 1.27. The molecular weight excluding hydrogens is 324 g/mol. The van der Waals surface area contributed by atoms with Crippen LogP contribution in [0.25, 0.3) is 0 Å². The molecule has 1 saturated heterocycles. The van der Waals surface area contributed by atoms with Crippen molar-refractivity contribution in [1.82, 2.24) is 4.90 Å². The second-order valence-corrected chi connectivity index (χ2v) is 5.14. The van der Waals surface area contributed by atoms with Gasteiger partial charge >= 0.3 is 0 Å². The number of benzene rings is 1. The highest BCUT2D eigenvalue weighted by Crippen LogP contribution is 2.23. The molecule has 6 heteroatoms. The Kier molecular flexibility index (Phi) is 4.59. The fourth-order valence-corrected chi connectivity index (χ4v) is 2.66. The smallest absolute Gasteiger partial charge is 0.258 e. The van der Waals surface area contributed by atoms with Crippen LogP contribution in [-0.4, -0.2) is 42.5 Å². The minimum atomic E-state index is -0.533. The summed E-state index contributed by atoms with van der Waals surface area (Å²) in [7, 11) is 0. The minimum absolute atomic E-state index is 0.0505. The molecule has 1 aliphatic heterocycles. The number of halogens is 3. The van der Waals surface area contributed by atoms with Crippen LogP contribution in [0.5, 0.6) is 0 Å². The van der Waals surface area contributed by atoms with E-state index in [-0.39, 0.29) is 23.4 Å². The lowest BCUT2D eigenvalue weighted by molar-refractivity contribution is 0.00426. The molecular formula is C12H12BrClFNO2. The number of alkyl halides is 1. The maximum Gasteiger partial charge on any atom is 0.258 e. The van der Waals surface area contributed by atoms with Gasteiger partial charge in [-0.15, -0.1) is 11.6 Å². The zero-order chi connectivity index (χ0) is 13.1. The van der Waals surface area contributed by atoms with E-state index in [1.54, 1.807) is 17.0 Å². The van der Waals surface area contributed by atoms with Crippen LogP contribution >= 0.6 is 27.5 Å². The maximum absolute atomic E-state index is 13.7. The van der Waals surface area contributed by atoms with Crippen LogP contribution in [0.2, 0.25) is 0 Å². The topological polar surface area (TPSA) is 29.5 Å². The number of ether oxygens (including phenoxy) is 1. The van der Waals surface area contributed by atoms with Gasteiger partial charge in [0.15, 0.2) is 0 Å². The van der Waals surface area contributed by atoms with E-state index in [0.29, 0.717) is 24.2 Å². The molecule has 1 fully saturated rings. The van der Waals surface area contributed by atoms with Gasteiger partial charge in [-0.25, -0.2) is 4.39 Å². The van der Waals surface area contributed by atoms with Gasteiger partial charge < -0.3 is 9.64 Å². The molecule has 1 aromatic carbocycles. The summed E-state index contributed by atoms with van der Waals surface area (Å²) in [5.41, 5.74) is 0.0505. The van der Waals surface area contributed by atoms with Crippen LogP contribution in [-0.2, 0) is 4.74 Å². The zero-order valence-electron chi connectivity index (χ0n) is 9.54. The largest absolute Gasteiger partial charge is 0.377 e. The molecule has 0 aromatic heterocycles. The molecule has 18 heavy (non-hydrogen) atoms. The Bertz CT molecular complexity index is 437. The monoisotopic (exact) mass is 335 g/mol. The minimum Gasteiger partial charge on any atom is -0.377 e. The molecule has 2 rings (SSSR count). The van der Waals surface area contributed by atoms with Crippen molar-refractivity contribution in [3.8, 4) is 0 Å². The third-order valence-electron chi connectivity index (χ3n) is 2.84. The summed E-state index contributed by atoms with van der Waals surface area (Å²) in [5, 5.41) is 0. The third-order valence-corrected chi connectivity index (χ3v) is 3.86.